The van der Waals surface area contributed by atoms with Crippen LogP contribution in [0.25, 0.3) is 0 Å². The zero-order valence-corrected chi connectivity index (χ0v) is 23.3. The molecule has 4 aromatic rings. The van der Waals surface area contributed by atoms with Gasteiger partial charge in [0.2, 0.25) is 6.17 Å². The molecule has 1 atom stereocenters. The summed E-state index contributed by atoms with van der Waals surface area (Å²) in [5, 5.41) is 14.3. The molecule has 43 heavy (non-hydrogen) atoms. The van der Waals surface area contributed by atoms with Gasteiger partial charge in [-0.1, -0.05) is 60.7 Å². The number of ketones is 1. The molecule has 1 heterocycles. The topological polar surface area (TPSA) is 128 Å². The maximum absolute atomic E-state index is 15.2. The number of para-hydroxylation sites is 1. The first-order valence-electron chi connectivity index (χ1n) is 13.4. The number of carbonyl (C=O) groups excluding carboxylic acids is 3. The molecule has 0 radical (unpaired) electrons. The molecule has 0 bridgehead atoms. The van der Waals surface area contributed by atoms with Gasteiger partial charge in [-0.05, 0) is 55.3 Å². The van der Waals surface area contributed by atoms with E-state index >= 15 is 4.39 Å². The number of carbonyl (C=O) groups is 4. The van der Waals surface area contributed by atoms with Crippen molar-refractivity contribution in [1.29, 1.82) is 0 Å². The van der Waals surface area contributed by atoms with Gasteiger partial charge in [-0.2, -0.15) is 0 Å². The number of hydrogen-bond acceptors (Lipinski definition) is 5. The predicted octanol–water partition coefficient (Wildman–Crippen LogP) is 5.36. The number of aliphatic imine (C=N–C) groups is 1. The number of benzodiazepines with no additional fused rings is 1. The van der Waals surface area contributed by atoms with E-state index in [4.69, 9.17) is 0 Å². The van der Waals surface area contributed by atoms with Crippen molar-refractivity contribution in [2.45, 2.75) is 20.0 Å². The van der Waals surface area contributed by atoms with E-state index in [0.717, 1.165) is 5.56 Å². The van der Waals surface area contributed by atoms with E-state index in [1.807, 2.05) is 6.07 Å². The molecule has 0 aliphatic carbocycles. The van der Waals surface area contributed by atoms with Gasteiger partial charge in [0.15, 0.2) is 5.78 Å². The number of carboxylic acid groups (broad SMARTS) is 1. The van der Waals surface area contributed by atoms with E-state index in [2.05, 4.69) is 15.6 Å². The van der Waals surface area contributed by atoms with Crippen LogP contribution in [0.1, 0.15) is 43.0 Å². The molecule has 1 aliphatic rings. The van der Waals surface area contributed by atoms with Crippen LogP contribution < -0.4 is 15.5 Å². The fourth-order valence-electron chi connectivity index (χ4n) is 4.97. The smallest absolute Gasteiger partial charge is 0.335 e. The molecule has 1 aliphatic heterocycles. The van der Waals surface area contributed by atoms with E-state index in [-0.39, 0.29) is 34.9 Å². The third-order valence-corrected chi connectivity index (χ3v) is 7.03. The molecular weight excluding hydrogens is 551 g/mol. The van der Waals surface area contributed by atoms with Crippen molar-refractivity contribution in [3.05, 3.63) is 130 Å². The molecule has 3 N–H and O–H groups in total. The highest BCUT2D eigenvalue weighted by atomic mass is 19.1. The van der Waals surface area contributed by atoms with Crippen molar-refractivity contribution in [3.8, 4) is 0 Å². The lowest BCUT2D eigenvalue weighted by Gasteiger charge is -2.26. The van der Waals surface area contributed by atoms with Crippen LogP contribution in [0, 0.1) is 19.7 Å². The Morgan fingerprint density at radius 1 is 0.884 bits per heavy atom. The number of Topliss-reactive ketones (excluding diaryl/α,β-unsaturated/α-hetero) is 1. The Balaban J connectivity index is 1.58. The zero-order valence-electron chi connectivity index (χ0n) is 23.3. The molecule has 0 spiro atoms. The molecule has 0 saturated carbocycles. The molecule has 9 nitrogen and oxygen atoms in total. The van der Waals surface area contributed by atoms with Gasteiger partial charge >= 0.3 is 12.0 Å². The number of benzene rings is 4. The number of nitrogens with one attached hydrogen (secondary N) is 2. The first-order chi connectivity index (χ1) is 20.6. The van der Waals surface area contributed by atoms with Gasteiger partial charge in [0, 0.05) is 22.4 Å². The second kappa shape index (κ2) is 12.1. The van der Waals surface area contributed by atoms with Crippen molar-refractivity contribution in [3.63, 3.8) is 0 Å². The van der Waals surface area contributed by atoms with E-state index in [1.54, 1.807) is 56.3 Å². The minimum Gasteiger partial charge on any atom is -0.478 e. The van der Waals surface area contributed by atoms with Gasteiger partial charge in [-0.25, -0.2) is 19.0 Å². The van der Waals surface area contributed by atoms with E-state index in [9.17, 15) is 24.3 Å². The van der Waals surface area contributed by atoms with E-state index in [1.165, 1.54) is 47.4 Å². The minimum absolute atomic E-state index is 0.0463. The number of hydrogen-bond donors (Lipinski definition) is 3. The lowest BCUT2D eigenvalue weighted by Crippen LogP contribution is -2.50. The minimum atomic E-state index is -1.56. The van der Waals surface area contributed by atoms with Gasteiger partial charge in [0.05, 0.1) is 23.5 Å². The molecule has 0 unspecified atom stereocenters. The van der Waals surface area contributed by atoms with Crippen LogP contribution in [0.2, 0.25) is 0 Å². The fourth-order valence-corrected chi connectivity index (χ4v) is 4.97. The zero-order chi connectivity index (χ0) is 30.7. The summed E-state index contributed by atoms with van der Waals surface area (Å²) in [6.45, 7) is 3.21. The highest BCUT2D eigenvalue weighted by Gasteiger charge is 2.36. The largest absolute Gasteiger partial charge is 0.478 e. The van der Waals surface area contributed by atoms with Crippen LogP contribution in [0.5, 0.6) is 0 Å². The van der Waals surface area contributed by atoms with Crippen molar-refractivity contribution in [1.82, 2.24) is 5.32 Å². The Kier molecular flexibility index (Phi) is 8.11. The second-order valence-electron chi connectivity index (χ2n) is 9.98. The number of anilines is 2. The predicted molar refractivity (Wildman–Crippen MR) is 160 cm³/mol. The quantitative estimate of drug-likeness (QED) is 0.255. The van der Waals surface area contributed by atoms with Gasteiger partial charge in [0.1, 0.15) is 5.82 Å². The second-order valence-corrected chi connectivity index (χ2v) is 9.98. The van der Waals surface area contributed by atoms with Gasteiger partial charge in [0.25, 0.3) is 5.91 Å². The number of urea groups is 1. The first-order valence-corrected chi connectivity index (χ1v) is 13.4. The van der Waals surface area contributed by atoms with Crippen LogP contribution in [-0.2, 0) is 4.79 Å². The summed E-state index contributed by atoms with van der Waals surface area (Å²) in [6, 6.07) is 22.9. The summed E-state index contributed by atoms with van der Waals surface area (Å²) in [7, 11) is 0. The van der Waals surface area contributed by atoms with Crippen molar-refractivity contribution in [2.24, 2.45) is 4.99 Å². The molecule has 0 aromatic heterocycles. The van der Waals surface area contributed by atoms with Crippen molar-refractivity contribution < 1.29 is 28.7 Å². The number of carboxylic acids is 1. The average molecular weight is 579 g/mol. The number of aromatic carboxylic acids is 1. The summed E-state index contributed by atoms with van der Waals surface area (Å²) in [5.74, 6) is -2.80. The Hall–Kier alpha value is -5.64. The molecule has 10 heteroatoms. The highest BCUT2D eigenvalue weighted by Crippen LogP contribution is 2.32. The number of amides is 3. The molecule has 3 amide bonds. The monoisotopic (exact) mass is 578 g/mol. The first kappa shape index (κ1) is 28.9. The SMILES string of the molecule is Cc1ccccc1C(=O)CN1C(=O)[C@H](NC(=O)Nc2cccc(C(=O)O)c2)N=C(c2ccccc2F)c2cccc(C)c21. The lowest BCUT2D eigenvalue weighted by atomic mass is 9.97. The van der Waals surface area contributed by atoms with Crippen LogP contribution in [0.15, 0.2) is 96.0 Å². The normalized spacial score (nSPS) is 14.3. The Bertz CT molecular complexity index is 1800. The molecule has 0 fully saturated rings. The summed E-state index contributed by atoms with van der Waals surface area (Å²) in [4.78, 5) is 58.0. The third kappa shape index (κ3) is 6.03. The van der Waals surface area contributed by atoms with Crippen LogP contribution in [0.3, 0.4) is 0 Å². The van der Waals surface area contributed by atoms with E-state index in [0.29, 0.717) is 22.4 Å². The number of aryl methyl sites for hydroxylation is 2. The number of nitrogens with zero attached hydrogens (tertiary/aromatic N) is 2. The number of halogens is 1. The van der Waals surface area contributed by atoms with Crippen molar-refractivity contribution in [2.75, 3.05) is 16.8 Å². The standard InChI is InChI=1S/C33H27FN4O5/c1-19-9-3-4-13-23(19)27(39)18-38-29-20(2)10-7-15-25(29)28(24-14-5-6-16-26(24)34)36-30(31(38)40)37-33(43)35-22-12-8-11-21(17-22)32(41)42/h3-17,30H,18H2,1-2H3,(H,41,42)(H2,35,37,43)/t30-/m0/s1. The highest BCUT2D eigenvalue weighted by molar-refractivity contribution is 6.22. The Labute approximate surface area is 246 Å². The average Bonchev–Trinajstić information content (AvgIpc) is 3.09. The van der Waals surface area contributed by atoms with E-state index < -0.39 is 29.9 Å². The van der Waals surface area contributed by atoms with Crippen LogP contribution in [0.4, 0.5) is 20.6 Å². The lowest BCUT2D eigenvalue weighted by molar-refractivity contribution is -0.120. The molecular formula is C33H27FN4O5. The fraction of sp³-hybridized carbons (Fsp3) is 0.121. The summed E-state index contributed by atoms with van der Waals surface area (Å²) >= 11 is 0. The van der Waals surface area contributed by atoms with Crippen LogP contribution >= 0.6 is 0 Å². The van der Waals surface area contributed by atoms with Gasteiger partial charge < -0.3 is 20.6 Å². The van der Waals surface area contributed by atoms with Gasteiger partial charge in [-0.15, -0.1) is 0 Å². The molecule has 4 aromatic carbocycles. The number of rotatable bonds is 7. The number of fused-ring (bicyclic) bond motifs is 1. The Morgan fingerprint density at radius 3 is 2.30 bits per heavy atom. The van der Waals surface area contributed by atoms with Gasteiger partial charge in [-0.3, -0.25) is 9.59 Å². The summed E-state index contributed by atoms with van der Waals surface area (Å²) in [6.07, 6.45) is -1.56. The molecule has 5 rings (SSSR count). The maximum Gasteiger partial charge on any atom is 0.335 e. The summed E-state index contributed by atoms with van der Waals surface area (Å²) < 4.78 is 15.2. The van der Waals surface area contributed by atoms with Crippen LogP contribution in [-0.4, -0.2) is 47.2 Å². The maximum atomic E-state index is 15.2. The Morgan fingerprint density at radius 2 is 1.56 bits per heavy atom. The molecule has 0 saturated heterocycles. The summed E-state index contributed by atoms with van der Waals surface area (Å²) in [5.41, 5.74) is 2.95. The van der Waals surface area contributed by atoms with Crippen molar-refractivity contribution >= 4 is 40.8 Å². The third-order valence-electron chi connectivity index (χ3n) is 7.03. The molecule has 216 valence electrons.